The molecule has 0 aromatic carbocycles. The fourth-order valence-electron chi connectivity index (χ4n) is 2.32. The molecule has 1 heterocycles. The van der Waals surface area contributed by atoms with E-state index in [1.165, 1.54) is 0 Å². The normalized spacial score (nSPS) is 22.3. The molecule has 1 fully saturated rings. The Morgan fingerprint density at radius 3 is 2.24 bits per heavy atom. The van der Waals surface area contributed by atoms with Crippen LogP contribution in [-0.4, -0.2) is 72.9 Å². The summed E-state index contributed by atoms with van der Waals surface area (Å²) >= 11 is 0. The highest BCUT2D eigenvalue weighted by Crippen LogP contribution is 2.11. The van der Waals surface area contributed by atoms with Crippen molar-refractivity contribution >= 4 is 5.97 Å². The molecule has 1 aliphatic rings. The van der Waals surface area contributed by atoms with Crippen LogP contribution in [0.3, 0.4) is 0 Å². The van der Waals surface area contributed by atoms with E-state index in [0.717, 1.165) is 39.2 Å². The molecule has 5 heteroatoms. The number of piperazine rings is 1. The molecule has 1 saturated heterocycles. The van der Waals surface area contributed by atoms with Gasteiger partial charge in [0.05, 0.1) is 6.61 Å². The van der Waals surface area contributed by atoms with E-state index in [9.17, 15) is 4.79 Å². The number of methoxy groups -OCH3 is 1. The Morgan fingerprint density at radius 2 is 1.82 bits per heavy atom. The number of hydrogen-bond donors (Lipinski definition) is 1. The monoisotopic (exact) mass is 244 g/mol. The molecule has 0 radical (unpaired) electrons. The first-order valence-corrected chi connectivity index (χ1v) is 6.30. The van der Waals surface area contributed by atoms with Gasteiger partial charge < -0.3 is 9.84 Å². The highest BCUT2D eigenvalue weighted by atomic mass is 16.5. The van der Waals surface area contributed by atoms with E-state index in [2.05, 4.69) is 11.8 Å². The molecule has 0 saturated carbocycles. The average molecular weight is 244 g/mol. The topological polar surface area (TPSA) is 53.0 Å². The zero-order valence-corrected chi connectivity index (χ0v) is 11.1. The number of carboxylic acid groups (broad SMARTS) is 1. The van der Waals surface area contributed by atoms with Crippen molar-refractivity contribution in [2.45, 2.75) is 32.4 Å². The van der Waals surface area contributed by atoms with E-state index in [1.807, 2.05) is 4.90 Å². The van der Waals surface area contributed by atoms with Gasteiger partial charge in [0, 0.05) is 39.3 Å². The van der Waals surface area contributed by atoms with Gasteiger partial charge in [0.1, 0.15) is 6.04 Å². The van der Waals surface area contributed by atoms with E-state index >= 15 is 0 Å². The van der Waals surface area contributed by atoms with Crippen molar-refractivity contribution in [3.05, 3.63) is 0 Å². The minimum Gasteiger partial charge on any atom is -0.480 e. The molecule has 2 unspecified atom stereocenters. The quantitative estimate of drug-likeness (QED) is 0.737. The predicted octanol–water partition coefficient (Wildman–Crippen LogP) is 0.502. The number of hydrogen-bond acceptors (Lipinski definition) is 4. The Kier molecular flexibility index (Phi) is 5.88. The van der Waals surface area contributed by atoms with Crippen molar-refractivity contribution in [1.29, 1.82) is 0 Å². The maximum Gasteiger partial charge on any atom is 0.320 e. The molecule has 0 bridgehead atoms. The average Bonchev–Trinajstić information content (AvgIpc) is 2.35. The summed E-state index contributed by atoms with van der Waals surface area (Å²) in [6.45, 7) is 8.19. The Balaban J connectivity index is 2.41. The lowest BCUT2D eigenvalue weighted by molar-refractivity contribution is -0.143. The van der Waals surface area contributed by atoms with Crippen LogP contribution in [0.25, 0.3) is 0 Å². The SMILES string of the molecule is CCC(COC)N1CCN(C(C)C(=O)O)CC1. The van der Waals surface area contributed by atoms with E-state index in [0.29, 0.717) is 6.04 Å². The molecule has 1 rings (SSSR count). The van der Waals surface area contributed by atoms with Gasteiger partial charge in [-0.25, -0.2) is 0 Å². The number of carboxylic acids is 1. The Morgan fingerprint density at radius 1 is 1.29 bits per heavy atom. The molecule has 17 heavy (non-hydrogen) atoms. The van der Waals surface area contributed by atoms with Crippen LogP contribution in [0.4, 0.5) is 0 Å². The number of nitrogens with zero attached hydrogens (tertiary/aromatic N) is 2. The van der Waals surface area contributed by atoms with E-state index in [1.54, 1.807) is 14.0 Å². The smallest absolute Gasteiger partial charge is 0.320 e. The van der Waals surface area contributed by atoms with Gasteiger partial charge >= 0.3 is 5.97 Å². The van der Waals surface area contributed by atoms with Crippen LogP contribution in [0, 0.1) is 0 Å². The van der Waals surface area contributed by atoms with Crippen molar-refractivity contribution in [3.63, 3.8) is 0 Å². The fraction of sp³-hybridized carbons (Fsp3) is 0.917. The molecule has 1 N–H and O–H groups in total. The molecule has 0 amide bonds. The molecule has 100 valence electrons. The van der Waals surface area contributed by atoms with Gasteiger partial charge in [0.25, 0.3) is 0 Å². The molecule has 0 aliphatic carbocycles. The minimum atomic E-state index is -0.734. The summed E-state index contributed by atoms with van der Waals surface area (Å²) in [4.78, 5) is 15.3. The molecule has 1 aliphatic heterocycles. The van der Waals surface area contributed by atoms with Crippen LogP contribution in [0.5, 0.6) is 0 Å². The van der Waals surface area contributed by atoms with Crippen LogP contribution < -0.4 is 0 Å². The van der Waals surface area contributed by atoms with Crippen molar-refractivity contribution in [1.82, 2.24) is 9.80 Å². The first kappa shape index (κ1) is 14.4. The van der Waals surface area contributed by atoms with Crippen LogP contribution >= 0.6 is 0 Å². The third-order valence-electron chi connectivity index (χ3n) is 3.60. The molecule has 0 spiro atoms. The lowest BCUT2D eigenvalue weighted by atomic mass is 10.1. The zero-order valence-electron chi connectivity index (χ0n) is 11.1. The third kappa shape index (κ3) is 3.94. The van der Waals surface area contributed by atoms with E-state index in [4.69, 9.17) is 9.84 Å². The van der Waals surface area contributed by atoms with Crippen LogP contribution in [-0.2, 0) is 9.53 Å². The highest BCUT2D eigenvalue weighted by Gasteiger charge is 2.27. The summed E-state index contributed by atoms with van der Waals surface area (Å²) in [5.41, 5.74) is 0. The van der Waals surface area contributed by atoms with Crippen molar-refractivity contribution in [3.8, 4) is 0 Å². The standard InChI is InChI=1S/C12H24N2O3/c1-4-11(9-17-3)14-7-5-13(6-8-14)10(2)12(15)16/h10-11H,4-9H2,1-3H3,(H,15,16). The molecule has 5 nitrogen and oxygen atoms in total. The summed E-state index contributed by atoms with van der Waals surface area (Å²) in [7, 11) is 1.73. The summed E-state index contributed by atoms with van der Waals surface area (Å²) < 4.78 is 5.21. The molecule has 2 atom stereocenters. The number of rotatable bonds is 6. The second-order valence-electron chi connectivity index (χ2n) is 4.60. The Hall–Kier alpha value is -0.650. The fourth-order valence-corrected chi connectivity index (χ4v) is 2.32. The van der Waals surface area contributed by atoms with Crippen LogP contribution in [0.15, 0.2) is 0 Å². The lowest BCUT2D eigenvalue weighted by Crippen LogP contribution is -2.54. The van der Waals surface area contributed by atoms with Gasteiger partial charge in [-0.2, -0.15) is 0 Å². The van der Waals surface area contributed by atoms with Crippen LogP contribution in [0.2, 0.25) is 0 Å². The van der Waals surface area contributed by atoms with Gasteiger partial charge in [-0.15, -0.1) is 0 Å². The zero-order chi connectivity index (χ0) is 12.8. The number of ether oxygens (including phenoxy) is 1. The van der Waals surface area contributed by atoms with E-state index < -0.39 is 5.97 Å². The maximum absolute atomic E-state index is 10.9. The first-order chi connectivity index (χ1) is 8.10. The highest BCUT2D eigenvalue weighted by molar-refractivity contribution is 5.72. The van der Waals surface area contributed by atoms with Gasteiger partial charge in [-0.3, -0.25) is 14.6 Å². The predicted molar refractivity (Wildman–Crippen MR) is 66.2 cm³/mol. The Labute approximate surface area is 103 Å². The Bertz CT molecular complexity index is 240. The van der Waals surface area contributed by atoms with Crippen molar-refractivity contribution < 1.29 is 14.6 Å². The van der Waals surface area contributed by atoms with Gasteiger partial charge in [0.15, 0.2) is 0 Å². The molecular formula is C12H24N2O3. The number of carbonyl (C=O) groups is 1. The van der Waals surface area contributed by atoms with Gasteiger partial charge in [0.2, 0.25) is 0 Å². The summed E-state index contributed by atoms with van der Waals surface area (Å²) in [5.74, 6) is -0.734. The molecular weight excluding hydrogens is 220 g/mol. The summed E-state index contributed by atoms with van der Waals surface area (Å²) in [5, 5.41) is 8.96. The minimum absolute atomic E-state index is 0.375. The van der Waals surface area contributed by atoms with Crippen LogP contribution in [0.1, 0.15) is 20.3 Å². The van der Waals surface area contributed by atoms with Crippen molar-refractivity contribution in [2.24, 2.45) is 0 Å². The largest absolute Gasteiger partial charge is 0.480 e. The lowest BCUT2D eigenvalue weighted by Gasteiger charge is -2.40. The molecule has 0 aromatic heterocycles. The summed E-state index contributed by atoms with van der Waals surface area (Å²) in [6, 6.07) is 0.0851. The maximum atomic E-state index is 10.9. The van der Waals surface area contributed by atoms with Gasteiger partial charge in [-0.1, -0.05) is 6.92 Å². The van der Waals surface area contributed by atoms with Crippen molar-refractivity contribution in [2.75, 3.05) is 39.9 Å². The number of aliphatic carboxylic acids is 1. The second kappa shape index (κ2) is 6.93. The molecule has 0 aromatic rings. The summed E-state index contributed by atoms with van der Waals surface area (Å²) in [6.07, 6.45) is 1.07. The second-order valence-corrected chi connectivity index (χ2v) is 4.60. The first-order valence-electron chi connectivity index (χ1n) is 6.30. The van der Waals surface area contributed by atoms with E-state index in [-0.39, 0.29) is 6.04 Å². The third-order valence-corrected chi connectivity index (χ3v) is 3.60. The van der Waals surface area contributed by atoms with Gasteiger partial charge in [-0.05, 0) is 13.3 Å².